The van der Waals surface area contributed by atoms with Gasteiger partial charge in [-0.25, -0.2) is 9.59 Å². The fraction of sp³-hybridized carbons (Fsp3) is 0.391. The number of nitrogens with zero attached hydrogens (tertiary/aromatic N) is 1. The minimum atomic E-state index is -0.578. The second-order valence-electron chi connectivity index (χ2n) is 7.89. The molecule has 1 aliphatic rings. The molecule has 0 saturated heterocycles. The fourth-order valence-electron chi connectivity index (χ4n) is 3.25. The molecule has 0 aromatic heterocycles. The van der Waals surface area contributed by atoms with E-state index < -0.39 is 11.9 Å². The number of benzene rings is 1. The first kappa shape index (κ1) is 22.8. The molecule has 29 heavy (non-hydrogen) atoms. The highest BCUT2D eigenvalue weighted by Crippen LogP contribution is 2.37. The highest BCUT2D eigenvalue weighted by molar-refractivity contribution is 6.30. The van der Waals surface area contributed by atoms with Crippen molar-refractivity contribution in [3.8, 4) is 0 Å². The third-order valence-corrected chi connectivity index (χ3v) is 5.04. The summed E-state index contributed by atoms with van der Waals surface area (Å²) in [6.07, 6.45) is 4.29. The van der Waals surface area contributed by atoms with E-state index in [0.717, 1.165) is 11.1 Å². The van der Waals surface area contributed by atoms with Gasteiger partial charge in [0.15, 0.2) is 0 Å². The number of likely N-dealkylation sites (N-methyl/N-ethyl adjacent to an activating group) is 1. The molecule has 0 aliphatic carbocycles. The average Bonchev–Trinajstić information content (AvgIpc) is 2.83. The van der Waals surface area contributed by atoms with Gasteiger partial charge in [-0.15, -0.1) is 0 Å². The summed E-state index contributed by atoms with van der Waals surface area (Å²) in [5, 5.41) is 0.652. The predicted molar refractivity (Wildman–Crippen MR) is 115 cm³/mol. The van der Waals surface area contributed by atoms with Crippen LogP contribution in [0.3, 0.4) is 0 Å². The molecular formula is C23H28ClNO4. The minimum Gasteiger partial charge on any atom is -0.465 e. The van der Waals surface area contributed by atoms with Gasteiger partial charge in [0.25, 0.3) is 0 Å². The summed E-state index contributed by atoms with van der Waals surface area (Å²) in [5.74, 6) is -1.14. The van der Waals surface area contributed by atoms with Crippen LogP contribution in [-0.2, 0) is 19.1 Å². The molecule has 0 unspecified atom stereocenters. The molecule has 1 aromatic rings. The Morgan fingerprint density at radius 1 is 1.07 bits per heavy atom. The van der Waals surface area contributed by atoms with Crippen LogP contribution in [0, 0.1) is 5.41 Å². The second-order valence-corrected chi connectivity index (χ2v) is 8.32. The Kier molecular flexibility index (Phi) is 7.31. The van der Waals surface area contributed by atoms with Crippen molar-refractivity contribution in [3.05, 3.63) is 63.8 Å². The summed E-state index contributed by atoms with van der Waals surface area (Å²) in [5.41, 5.74) is 2.80. The largest absolute Gasteiger partial charge is 0.465 e. The number of carbonyl (C=O) groups excluding carboxylic acids is 2. The Labute approximate surface area is 177 Å². The Bertz CT molecular complexity index is 873. The van der Waals surface area contributed by atoms with Crippen LogP contribution in [0.15, 0.2) is 53.3 Å². The van der Waals surface area contributed by atoms with Crippen LogP contribution < -0.4 is 0 Å². The molecule has 1 aliphatic heterocycles. The van der Waals surface area contributed by atoms with E-state index >= 15 is 0 Å². The molecule has 0 atom stereocenters. The summed E-state index contributed by atoms with van der Waals surface area (Å²) in [7, 11) is 4.50. The predicted octanol–water partition coefficient (Wildman–Crippen LogP) is 4.63. The number of hydrogen-bond acceptors (Lipinski definition) is 5. The molecule has 0 fully saturated rings. The lowest BCUT2D eigenvalue weighted by atomic mass is 9.81. The van der Waals surface area contributed by atoms with Crippen molar-refractivity contribution in [2.45, 2.75) is 27.2 Å². The lowest BCUT2D eigenvalue weighted by Crippen LogP contribution is -2.24. The lowest BCUT2D eigenvalue weighted by Gasteiger charge is -2.27. The van der Waals surface area contributed by atoms with E-state index in [1.165, 1.54) is 14.2 Å². The van der Waals surface area contributed by atoms with Crippen LogP contribution in [0.1, 0.15) is 32.8 Å². The molecule has 156 valence electrons. The van der Waals surface area contributed by atoms with Gasteiger partial charge in [0.05, 0.1) is 31.1 Å². The molecule has 0 bridgehead atoms. The number of rotatable bonds is 4. The number of hydrogen-bond donors (Lipinski definition) is 0. The van der Waals surface area contributed by atoms with Gasteiger partial charge in [0.1, 0.15) is 0 Å². The molecule has 6 heteroatoms. The van der Waals surface area contributed by atoms with E-state index in [1.54, 1.807) is 6.08 Å². The number of allylic oxidation sites excluding steroid dienone is 2. The van der Waals surface area contributed by atoms with Gasteiger partial charge in [-0.3, -0.25) is 0 Å². The molecule has 1 aromatic carbocycles. The molecule has 0 amide bonds. The van der Waals surface area contributed by atoms with Crippen molar-refractivity contribution in [1.29, 1.82) is 0 Å². The normalized spacial score (nSPS) is 15.6. The van der Waals surface area contributed by atoms with E-state index in [-0.39, 0.29) is 16.6 Å². The van der Waals surface area contributed by atoms with Gasteiger partial charge in [-0.2, -0.15) is 0 Å². The van der Waals surface area contributed by atoms with Crippen molar-refractivity contribution in [2.24, 2.45) is 5.41 Å². The van der Waals surface area contributed by atoms with Gasteiger partial charge in [0.2, 0.25) is 0 Å². The highest BCUT2D eigenvalue weighted by Gasteiger charge is 2.30. The maximum atomic E-state index is 12.7. The minimum absolute atomic E-state index is 0.204. The number of ether oxygens (including phenoxy) is 2. The molecule has 0 radical (unpaired) electrons. The first-order valence-corrected chi connectivity index (χ1v) is 9.78. The highest BCUT2D eigenvalue weighted by atomic mass is 35.5. The summed E-state index contributed by atoms with van der Waals surface area (Å²) in [6.45, 7) is 6.93. The Morgan fingerprint density at radius 3 is 2.17 bits per heavy atom. The molecular weight excluding hydrogens is 390 g/mol. The van der Waals surface area contributed by atoms with Gasteiger partial charge in [-0.1, -0.05) is 50.6 Å². The van der Waals surface area contributed by atoms with Gasteiger partial charge >= 0.3 is 11.9 Å². The maximum Gasteiger partial charge on any atom is 0.340 e. The molecule has 0 saturated carbocycles. The average molecular weight is 418 g/mol. The zero-order valence-electron chi connectivity index (χ0n) is 17.8. The second kappa shape index (κ2) is 9.31. The number of esters is 2. The van der Waals surface area contributed by atoms with Gasteiger partial charge < -0.3 is 14.4 Å². The Morgan fingerprint density at radius 2 is 1.66 bits per heavy atom. The molecule has 2 rings (SSSR count). The first-order valence-electron chi connectivity index (χ1n) is 9.40. The molecule has 5 nitrogen and oxygen atoms in total. The van der Waals surface area contributed by atoms with Crippen LogP contribution >= 0.6 is 11.6 Å². The van der Waals surface area contributed by atoms with E-state index in [4.69, 9.17) is 21.1 Å². The molecule has 0 N–H and O–H groups in total. The van der Waals surface area contributed by atoms with Crippen LogP contribution in [0.5, 0.6) is 0 Å². The third kappa shape index (κ3) is 5.30. The van der Waals surface area contributed by atoms with Crippen LogP contribution in [-0.4, -0.2) is 44.7 Å². The SMILES string of the molecule is COC(=O)C1=CCCN(C)C(/C=C(\c2ccc(Cl)cc2)C(C)(C)C)=C1C(=O)OC. The Balaban J connectivity index is 2.81. The first-order chi connectivity index (χ1) is 13.6. The smallest absolute Gasteiger partial charge is 0.340 e. The Hall–Kier alpha value is -2.53. The summed E-state index contributed by atoms with van der Waals surface area (Å²) >= 11 is 6.06. The van der Waals surface area contributed by atoms with E-state index in [9.17, 15) is 9.59 Å². The van der Waals surface area contributed by atoms with Crippen molar-refractivity contribution in [3.63, 3.8) is 0 Å². The fourth-order valence-corrected chi connectivity index (χ4v) is 3.37. The van der Waals surface area contributed by atoms with Crippen molar-refractivity contribution in [1.82, 2.24) is 4.90 Å². The summed E-state index contributed by atoms with van der Waals surface area (Å²) in [4.78, 5) is 27.1. The van der Waals surface area contributed by atoms with E-state index in [1.807, 2.05) is 42.3 Å². The van der Waals surface area contributed by atoms with Crippen molar-refractivity contribution >= 4 is 29.1 Å². The monoisotopic (exact) mass is 417 g/mol. The third-order valence-electron chi connectivity index (χ3n) is 4.79. The van der Waals surface area contributed by atoms with Gasteiger partial charge in [0, 0.05) is 18.6 Å². The van der Waals surface area contributed by atoms with Gasteiger partial charge in [-0.05, 0) is 41.2 Å². The van der Waals surface area contributed by atoms with Crippen LogP contribution in [0.25, 0.3) is 5.57 Å². The van der Waals surface area contributed by atoms with E-state index in [0.29, 0.717) is 23.7 Å². The number of halogens is 1. The quantitative estimate of drug-likeness (QED) is 0.668. The van der Waals surface area contributed by atoms with Crippen LogP contribution in [0.2, 0.25) is 5.02 Å². The standard InChI is InChI=1S/C23H28ClNO4/c1-23(2,3)18(15-9-11-16(24)12-10-15)14-19-20(22(27)29-6)17(21(26)28-5)8-7-13-25(19)4/h8-12,14H,7,13H2,1-6H3/b18-14+. The number of carbonyl (C=O) groups is 2. The zero-order chi connectivity index (χ0) is 21.8. The molecule has 0 spiro atoms. The summed E-state index contributed by atoms with van der Waals surface area (Å²) in [6, 6.07) is 7.57. The summed E-state index contributed by atoms with van der Waals surface area (Å²) < 4.78 is 9.94. The lowest BCUT2D eigenvalue weighted by molar-refractivity contribution is -0.139. The van der Waals surface area contributed by atoms with Crippen molar-refractivity contribution < 1.29 is 19.1 Å². The topological polar surface area (TPSA) is 55.8 Å². The number of methoxy groups -OCH3 is 2. The van der Waals surface area contributed by atoms with E-state index in [2.05, 4.69) is 20.8 Å². The molecule has 1 heterocycles. The van der Waals surface area contributed by atoms with Crippen molar-refractivity contribution in [2.75, 3.05) is 27.8 Å². The maximum absolute atomic E-state index is 12.7. The van der Waals surface area contributed by atoms with Crippen LogP contribution in [0.4, 0.5) is 0 Å². The zero-order valence-corrected chi connectivity index (χ0v) is 18.6.